The lowest BCUT2D eigenvalue weighted by Gasteiger charge is -2.21. The average molecular weight is 406 g/mol. The molecule has 2 heterocycles. The van der Waals surface area contributed by atoms with Crippen LogP contribution in [-0.2, 0) is 23.7 Å². The van der Waals surface area contributed by atoms with E-state index in [9.17, 15) is 9.59 Å². The number of fused-ring (bicyclic) bond motifs is 1. The van der Waals surface area contributed by atoms with Crippen molar-refractivity contribution in [1.82, 2.24) is 0 Å². The topological polar surface area (TPSA) is 74.4 Å². The van der Waals surface area contributed by atoms with Gasteiger partial charge in [-0.05, 0) is 41.7 Å². The standard InChI is InChI=1S/C24H22O6/c1-3-9-18-15(2)17-12-7-8-13-19(17)23(26)29-20(14-27-24-21(18)30-24)28-22(25)16-10-5-4-6-11-16/h3-6,8-11,13,20-21,24H,1-2,7,12,14H2/b18-9+/t20?,21-,24?/m1/s1. The third-order valence-electron chi connectivity index (χ3n) is 5.04. The van der Waals surface area contributed by atoms with Crippen LogP contribution in [0.25, 0.3) is 0 Å². The van der Waals surface area contributed by atoms with E-state index >= 15 is 0 Å². The molecule has 6 heteroatoms. The van der Waals surface area contributed by atoms with Crippen LogP contribution in [0.4, 0.5) is 0 Å². The van der Waals surface area contributed by atoms with Gasteiger partial charge in [0.1, 0.15) is 12.7 Å². The lowest BCUT2D eigenvalue weighted by Crippen LogP contribution is -2.30. The maximum Gasteiger partial charge on any atom is 0.341 e. The van der Waals surface area contributed by atoms with Gasteiger partial charge in [0.25, 0.3) is 6.29 Å². The Hall–Kier alpha value is -3.22. The van der Waals surface area contributed by atoms with Crippen LogP contribution in [0.3, 0.4) is 0 Å². The lowest BCUT2D eigenvalue weighted by molar-refractivity contribution is -0.176. The Balaban J connectivity index is 1.62. The summed E-state index contributed by atoms with van der Waals surface area (Å²) in [5, 5.41) is 0. The first kappa shape index (κ1) is 20.1. The molecule has 3 atom stereocenters. The number of cyclic esters (lactones) is 1. The highest BCUT2D eigenvalue weighted by Crippen LogP contribution is 2.39. The highest BCUT2D eigenvalue weighted by atomic mass is 16.8. The van der Waals surface area contributed by atoms with Crippen LogP contribution in [0.5, 0.6) is 0 Å². The second kappa shape index (κ2) is 8.65. The van der Waals surface area contributed by atoms with Crippen LogP contribution in [0, 0.1) is 0 Å². The van der Waals surface area contributed by atoms with Gasteiger partial charge in [0.05, 0.1) is 11.1 Å². The summed E-state index contributed by atoms with van der Waals surface area (Å²) in [6.07, 6.45) is 6.44. The minimum absolute atomic E-state index is 0.147. The molecule has 0 radical (unpaired) electrons. The van der Waals surface area contributed by atoms with Crippen molar-refractivity contribution in [3.05, 3.63) is 95.6 Å². The van der Waals surface area contributed by atoms with Crippen LogP contribution in [0.15, 0.2) is 90.1 Å². The Kier molecular flexibility index (Phi) is 5.79. The van der Waals surface area contributed by atoms with Gasteiger partial charge in [0, 0.05) is 0 Å². The summed E-state index contributed by atoms with van der Waals surface area (Å²) in [5.74, 6) is -1.20. The van der Waals surface area contributed by atoms with Crippen molar-refractivity contribution in [2.24, 2.45) is 0 Å². The van der Waals surface area contributed by atoms with Gasteiger partial charge in [-0.1, -0.05) is 55.7 Å². The number of hydrogen-bond donors (Lipinski definition) is 0. The highest BCUT2D eigenvalue weighted by molar-refractivity contribution is 5.94. The zero-order valence-corrected chi connectivity index (χ0v) is 16.4. The number of benzene rings is 1. The molecule has 30 heavy (non-hydrogen) atoms. The van der Waals surface area contributed by atoms with Gasteiger partial charge in [-0.3, -0.25) is 0 Å². The van der Waals surface area contributed by atoms with E-state index in [2.05, 4.69) is 13.2 Å². The molecule has 0 bridgehead atoms. The zero-order chi connectivity index (χ0) is 21.1. The fraction of sp³-hybridized carbons (Fsp3) is 0.250. The third-order valence-corrected chi connectivity index (χ3v) is 5.04. The Labute approximate surface area is 174 Å². The molecular formula is C24H22O6. The number of hydrogen-bond acceptors (Lipinski definition) is 6. The fourth-order valence-corrected chi connectivity index (χ4v) is 3.49. The van der Waals surface area contributed by atoms with Gasteiger partial charge in [-0.15, -0.1) is 0 Å². The molecule has 4 rings (SSSR count). The summed E-state index contributed by atoms with van der Waals surface area (Å²) in [6, 6.07) is 8.49. The first-order valence-electron chi connectivity index (χ1n) is 9.74. The van der Waals surface area contributed by atoms with E-state index < -0.39 is 24.5 Å². The first-order chi connectivity index (χ1) is 14.6. The van der Waals surface area contributed by atoms with Crippen molar-refractivity contribution < 1.29 is 28.5 Å². The van der Waals surface area contributed by atoms with E-state index in [1.165, 1.54) is 0 Å². The number of rotatable bonds is 3. The predicted octanol–water partition coefficient (Wildman–Crippen LogP) is 3.78. The molecule has 2 unspecified atom stereocenters. The largest absolute Gasteiger partial charge is 0.419 e. The smallest absolute Gasteiger partial charge is 0.341 e. The predicted molar refractivity (Wildman–Crippen MR) is 109 cm³/mol. The molecule has 2 aliphatic heterocycles. The molecule has 0 spiro atoms. The van der Waals surface area contributed by atoms with Crippen LogP contribution in [0.2, 0.25) is 0 Å². The van der Waals surface area contributed by atoms with E-state index in [0.29, 0.717) is 23.1 Å². The van der Waals surface area contributed by atoms with E-state index in [-0.39, 0.29) is 12.7 Å². The van der Waals surface area contributed by atoms with Crippen LogP contribution < -0.4 is 0 Å². The van der Waals surface area contributed by atoms with Crippen molar-refractivity contribution >= 4 is 11.9 Å². The van der Waals surface area contributed by atoms with Gasteiger partial charge in [0.2, 0.25) is 0 Å². The number of ether oxygens (including phenoxy) is 4. The maximum absolute atomic E-state index is 12.9. The fourth-order valence-electron chi connectivity index (χ4n) is 3.49. The number of esters is 2. The van der Waals surface area contributed by atoms with Crippen LogP contribution >= 0.6 is 0 Å². The SMILES string of the molecule is C=C/C=C1\C(=C)C2=C(C=CCC2)C(=O)OC(OC(=O)c2ccccc2)COC2O[C@H]12. The number of allylic oxidation sites excluding steroid dienone is 4. The first-order valence-corrected chi connectivity index (χ1v) is 9.74. The van der Waals surface area contributed by atoms with Gasteiger partial charge in [0.15, 0.2) is 6.29 Å². The van der Waals surface area contributed by atoms with Gasteiger partial charge in [-0.2, -0.15) is 0 Å². The minimum atomic E-state index is -1.21. The van der Waals surface area contributed by atoms with Crippen molar-refractivity contribution in [1.29, 1.82) is 0 Å². The van der Waals surface area contributed by atoms with Crippen molar-refractivity contribution in [3.8, 4) is 0 Å². The van der Waals surface area contributed by atoms with E-state index in [4.69, 9.17) is 18.9 Å². The molecular weight excluding hydrogens is 384 g/mol. The minimum Gasteiger partial charge on any atom is -0.419 e. The molecule has 0 amide bonds. The van der Waals surface area contributed by atoms with Crippen LogP contribution in [0.1, 0.15) is 23.2 Å². The van der Waals surface area contributed by atoms with Gasteiger partial charge < -0.3 is 18.9 Å². The van der Waals surface area contributed by atoms with E-state index in [0.717, 1.165) is 17.6 Å². The highest BCUT2D eigenvalue weighted by Gasteiger charge is 2.45. The number of carbonyl (C=O) groups excluding carboxylic acids is 2. The molecule has 0 aromatic heterocycles. The number of carbonyl (C=O) groups is 2. The molecule has 0 saturated carbocycles. The number of epoxide rings is 1. The van der Waals surface area contributed by atoms with Gasteiger partial charge in [-0.25, -0.2) is 9.59 Å². The quantitative estimate of drug-likeness (QED) is 0.562. The summed E-state index contributed by atoms with van der Waals surface area (Å²) < 4.78 is 22.3. The van der Waals surface area contributed by atoms with E-state index in [1.807, 2.05) is 12.2 Å². The Morgan fingerprint density at radius 1 is 1.23 bits per heavy atom. The van der Waals surface area contributed by atoms with Crippen molar-refractivity contribution in [2.45, 2.75) is 31.5 Å². The Morgan fingerprint density at radius 2 is 2.03 bits per heavy atom. The summed E-state index contributed by atoms with van der Waals surface area (Å²) in [7, 11) is 0. The summed E-state index contributed by atoms with van der Waals surface area (Å²) in [5.41, 5.74) is 3.03. The third kappa shape index (κ3) is 4.20. The van der Waals surface area contributed by atoms with Crippen molar-refractivity contribution in [2.75, 3.05) is 6.61 Å². The maximum atomic E-state index is 12.9. The molecule has 1 saturated heterocycles. The molecule has 1 fully saturated rings. The normalized spacial score (nSPS) is 27.5. The molecule has 1 aromatic carbocycles. The Morgan fingerprint density at radius 3 is 2.80 bits per heavy atom. The molecule has 6 nitrogen and oxygen atoms in total. The summed E-state index contributed by atoms with van der Waals surface area (Å²) in [6.45, 7) is 7.79. The van der Waals surface area contributed by atoms with Crippen molar-refractivity contribution in [3.63, 3.8) is 0 Å². The second-order valence-corrected chi connectivity index (χ2v) is 7.03. The zero-order valence-electron chi connectivity index (χ0n) is 16.4. The Bertz CT molecular complexity index is 969. The molecule has 0 N–H and O–H groups in total. The summed E-state index contributed by atoms with van der Waals surface area (Å²) in [4.78, 5) is 25.4. The molecule has 1 aliphatic carbocycles. The molecule has 3 aliphatic rings. The average Bonchev–Trinajstić information content (AvgIpc) is 3.54. The second-order valence-electron chi connectivity index (χ2n) is 7.03. The molecule has 154 valence electrons. The monoisotopic (exact) mass is 406 g/mol. The van der Waals surface area contributed by atoms with Gasteiger partial charge >= 0.3 is 11.9 Å². The van der Waals surface area contributed by atoms with Crippen LogP contribution in [-0.4, -0.2) is 37.2 Å². The molecule has 1 aromatic rings. The summed E-state index contributed by atoms with van der Waals surface area (Å²) >= 11 is 0. The lowest BCUT2D eigenvalue weighted by atomic mass is 9.87. The van der Waals surface area contributed by atoms with E-state index in [1.54, 1.807) is 42.5 Å².